The second kappa shape index (κ2) is 13.3. The summed E-state index contributed by atoms with van der Waals surface area (Å²) in [6.07, 6.45) is 4.71. The molecule has 1 aromatic carbocycles. The van der Waals surface area contributed by atoms with Crippen LogP contribution in [0, 0.1) is 11.8 Å². The average Bonchev–Trinajstić information content (AvgIpc) is 2.87. The predicted octanol–water partition coefficient (Wildman–Crippen LogP) is 3.47. The highest BCUT2D eigenvalue weighted by atomic mass is 32.2. The standard InChI is InChI=1S/C31H51N3O5S/c1-7-40(38,39)31(5,6)19-28(36)32-25(17-22-13-9-8-10-14-22)27(35)21-34-20-24-16-12-11-15-23(24)18-26(34)29(37)33-30(2,3)4/h8-10,13-14,23-27,35H,7,11-12,15-21H2,1-6H3,(H,32,36)(H,33,37)/t23?,24?,25-,26-,27+/m0/s1. The van der Waals surface area contributed by atoms with Crippen LogP contribution in [0.2, 0.25) is 0 Å². The first-order chi connectivity index (χ1) is 18.6. The Morgan fingerprint density at radius 1 is 1.05 bits per heavy atom. The Morgan fingerprint density at radius 3 is 2.27 bits per heavy atom. The molecule has 3 rings (SSSR count). The number of carbonyl (C=O) groups is 2. The molecule has 1 aromatic rings. The van der Waals surface area contributed by atoms with Crippen LogP contribution < -0.4 is 10.6 Å². The van der Waals surface area contributed by atoms with Crippen LogP contribution in [0.1, 0.15) is 85.6 Å². The van der Waals surface area contributed by atoms with Gasteiger partial charge in [-0.3, -0.25) is 14.5 Å². The van der Waals surface area contributed by atoms with Gasteiger partial charge < -0.3 is 15.7 Å². The first-order valence-corrected chi connectivity index (χ1v) is 16.6. The van der Waals surface area contributed by atoms with Gasteiger partial charge in [-0.15, -0.1) is 0 Å². The van der Waals surface area contributed by atoms with E-state index in [4.69, 9.17) is 0 Å². The number of sulfone groups is 1. The lowest BCUT2D eigenvalue weighted by Gasteiger charge is -2.47. The van der Waals surface area contributed by atoms with Gasteiger partial charge in [0.05, 0.1) is 22.9 Å². The number of hydrogen-bond donors (Lipinski definition) is 3. The van der Waals surface area contributed by atoms with Crippen molar-refractivity contribution in [1.29, 1.82) is 0 Å². The second-order valence-corrected chi connectivity index (χ2v) is 16.4. The number of aliphatic hydroxyl groups is 1. The molecule has 2 aliphatic rings. The van der Waals surface area contributed by atoms with E-state index >= 15 is 0 Å². The van der Waals surface area contributed by atoms with Crippen molar-refractivity contribution in [1.82, 2.24) is 15.5 Å². The molecule has 1 saturated carbocycles. The van der Waals surface area contributed by atoms with Crippen LogP contribution in [-0.2, 0) is 25.8 Å². The lowest BCUT2D eigenvalue weighted by atomic mass is 9.72. The van der Waals surface area contributed by atoms with Crippen molar-refractivity contribution >= 4 is 21.7 Å². The quantitative estimate of drug-likeness (QED) is 0.371. The van der Waals surface area contributed by atoms with Crippen LogP contribution in [0.25, 0.3) is 0 Å². The van der Waals surface area contributed by atoms with Gasteiger partial charge in [-0.25, -0.2) is 8.42 Å². The number of likely N-dealkylation sites (tertiary alicyclic amines) is 1. The Hall–Kier alpha value is -1.97. The maximum Gasteiger partial charge on any atom is 0.237 e. The molecule has 0 bridgehead atoms. The van der Waals surface area contributed by atoms with Gasteiger partial charge in [-0.2, -0.15) is 0 Å². The zero-order chi connectivity index (χ0) is 29.7. The SMILES string of the molecule is CCS(=O)(=O)C(C)(C)CC(=O)N[C@@H](Cc1ccccc1)[C@H](O)CN1CC2CCCCC2C[C@H]1C(=O)NC(C)(C)C. The summed E-state index contributed by atoms with van der Waals surface area (Å²) in [6, 6.07) is 8.67. The van der Waals surface area contributed by atoms with Crippen LogP contribution >= 0.6 is 0 Å². The fourth-order valence-electron chi connectivity index (χ4n) is 6.29. The Morgan fingerprint density at radius 2 is 1.68 bits per heavy atom. The van der Waals surface area contributed by atoms with Crippen molar-refractivity contribution in [3.05, 3.63) is 35.9 Å². The number of aliphatic hydroxyl groups excluding tert-OH is 1. The highest BCUT2D eigenvalue weighted by Crippen LogP contribution is 2.39. The third kappa shape index (κ3) is 8.76. The van der Waals surface area contributed by atoms with Crippen molar-refractivity contribution < 1.29 is 23.1 Å². The van der Waals surface area contributed by atoms with Crippen molar-refractivity contribution in [3.8, 4) is 0 Å². The maximum absolute atomic E-state index is 13.4. The molecule has 5 atom stereocenters. The number of amides is 2. The van der Waals surface area contributed by atoms with E-state index in [-0.39, 0.29) is 36.2 Å². The first kappa shape index (κ1) is 32.5. The van der Waals surface area contributed by atoms with E-state index in [1.54, 1.807) is 20.8 Å². The Bertz CT molecular complexity index is 1100. The summed E-state index contributed by atoms with van der Waals surface area (Å²) in [5, 5.41) is 17.7. The van der Waals surface area contributed by atoms with Crippen molar-refractivity contribution in [2.45, 2.75) is 115 Å². The molecule has 1 saturated heterocycles. The molecule has 226 valence electrons. The van der Waals surface area contributed by atoms with E-state index in [9.17, 15) is 23.1 Å². The van der Waals surface area contributed by atoms with E-state index < -0.39 is 32.6 Å². The minimum atomic E-state index is -3.45. The van der Waals surface area contributed by atoms with Crippen molar-refractivity contribution in [2.24, 2.45) is 11.8 Å². The zero-order valence-electron chi connectivity index (χ0n) is 25.3. The van der Waals surface area contributed by atoms with E-state index in [1.165, 1.54) is 12.8 Å². The van der Waals surface area contributed by atoms with Crippen molar-refractivity contribution in [2.75, 3.05) is 18.8 Å². The molecule has 2 fully saturated rings. The smallest absolute Gasteiger partial charge is 0.237 e. The monoisotopic (exact) mass is 577 g/mol. The molecular weight excluding hydrogens is 526 g/mol. The minimum Gasteiger partial charge on any atom is -0.390 e. The average molecular weight is 578 g/mol. The summed E-state index contributed by atoms with van der Waals surface area (Å²) >= 11 is 0. The number of nitrogens with one attached hydrogen (secondary N) is 2. The van der Waals surface area contributed by atoms with Gasteiger partial charge in [0.25, 0.3) is 0 Å². The molecule has 0 radical (unpaired) electrons. The Balaban J connectivity index is 1.81. The van der Waals surface area contributed by atoms with E-state index in [2.05, 4.69) is 15.5 Å². The van der Waals surface area contributed by atoms with Gasteiger partial charge in [0.2, 0.25) is 11.8 Å². The molecule has 0 spiro atoms. The summed E-state index contributed by atoms with van der Waals surface area (Å²) in [5.74, 6) is 0.551. The predicted molar refractivity (Wildman–Crippen MR) is 160 cm³/mol. The Kier molecular flexibility index (Phi) is 10.9. The molecule has 2 amide bonds. The molecule has 1 aliphatic carbocycles. The van der Waals surface area contributed by atoms with Crippen LogP contribution in [0.15, 0.2) is 30.3 Å². The number of nitrogens with zero attached hydrogens (tertiary/aromatic N) is 1. The maximum atomic E-state index is 13.4. The van der Waals surface area contributed by atoms with Gasteiger partial charge in [0.1, 0.15) is 0 Å². The highest BCUT2D eigenvalue weighted by Gasteiger charge is 2.42. The first-order valence-electron chi connectivity index (χ1n) is 14.9. The van der Waals surface area contributed by atoms with Gasteiger partial charge >= 0.3 is 0 Å². The van der Waals surface area contributed by atoms with E-state index in [0.717, 1.165) is 31.4 Å². The van der Waals surface area contributed by atoms with E-state index in [0.29, 0.717) is 18.3 Å². The summed E-state index contributed by atoms with van der Waals surface area (Å²) in [7, 11) is -3.45. The molecule has 8 nitrogen and oxygen atoms in total. The number of carbonyl (C=O) groups excluding carboxylic acids is 2. The lowest BCUT2D eigenvalue weighted by molar-refractivity contribution is -0.133. The van der Waals surface area contributed by atoms with Crippen LogP contribution in [-0.4, -0.2) is 77.6 Å². The van der Waals surface area contributed by atoms with Gasteiger partial charge in [-0.1, -0.05) is 56.5 Å². The molecular formula is C31H51N3O5S. The fraction of sp³-hybridized carbons (Fsp3) is 0.742. The lowest BCUT2D eigenvalue weighted by Crippen LogP contribution is -2.60. The molecule has 40 heavy (non-hydrogen) atoms. The number of benzene rings is 1. The number of β-amino-alcohol motifs (C(OH)–C–C–N with tert-alkyl or cyclic N) is 1. The van der Waals surface area contributed by atoms with Gasteiger partial charge in [-0.05, 0) is 71.3 Å². The largest absolute Gasteiger partial charge is 0.390 e. The van der Waals surface area contributed by atoms with Crippen LogP contribution in [0.4, 0.5) is 0 Å². The summed E-state index contributed by atoms with van der Waals surface area (Å²) in [4.78, 5) is 28.7. The van der Waals surface area contributed by atoms with Crippen molar-refractivity contribution in [3.63, 3.8) is 0 Å². The molecule has 9 heteroatoms. The fourth-order valence-corrected chi connectivity index (χ4v) is 7.42. The molecule has 1 heterocycles. The number of rotatable bonds is 11. The summed E-state index contributed by atoms with van der Waals surface area (Å²) in [5.41, 5.74) is 0.598. The summed E-state index contributed by atoms with van der Waals surface area (Å²) < 4.78 is 23.9. The zero-order valence-corrected chi connectivity index (χ0v) is 26.1. The molecule has 3 N–H and O–H groups in total. The van der Waals surface area contributed by atoms with E-state index in [1.807, 2.05) is 51.1 Å². The third-order valence-corrected chi connectivity index (χ3v) is 11.2. The van der Waals surface area contributed by atoms with Gasteiger partial charge in [0.15, 0.2) is 9.84 Å². The molecule has 0 aromatic heterocycles. The van der Waals surface area contributed by atoms with Crippen LogP contribution in [0.5, 0.6) is 0 Å². The summed E-state index contributed by atoms with van der Waals surface area (Å²) in [6.45, 7) is 11.6. The molecule has 1 aliphatic heterocycles. The Labute approximate surface area is 241 Å². The second-order valence-electron chi connectivity index (χ2n) is 13.5. The number of fused-ring (bicyclic) bond motifs is 1. The highest BCUT2D eigenvalue weighted by molar-refractivity contribution is 7.92. The van der Waals surface area contributed by atoms with Crippen LogP contribution in [0.3, 0.4) is 0 Å². The van der Waals surface area contributed by atoms with Gasteiger partial charge in [0, 0.05) is 30.8 Å². The minimum absolute atomic E-state index is 0.0149. The normalized spacial score (nSPS) is 24.0. The number of piperidine rings is 1. The topological polar surface area (TPSA) is 116 Å². The number of hydrogen-bond acceptors (Lipinski definition) is 6. The third-order valence-electron chi connectivity index (χ3n) is 8.64. The molecule has 2 unspecified atom stereocenters.